The largest absolute Gasteiger partial charge is 0.368 e. The summed E-state index contributed by atoms with van der Waals surface area (Å²) >= 11 is 6.01. The van der Waals surface area contributed by atoms with Gasteiger partial charge in [0.15, 0.2) is 0 Å². The number of aromatic nitrogens is 4. The summed E-state index contributed by atoms with van der Waals surface area (Å²) in [5.41, 5.74) is 1.79. The topological polar surface area (TPSA) is 74.1 Å². The minimum absolute atomic E-state index is 0.355. The van der Waals surface area contributed by atoms with E-state index in [0.29, 0.717) is 22.6 Å². The van der Waals surface area contributed by atoms with Crippen LogP contribution in [0.3, 0.4) is 0 Å². The zero-order valence-electron chi connectivity index (χ0n) is 12.3. The molecule has 1 aliphatic rings. The predicted molar refractivity (Wildman–Crippen MR) is 87.8 cm³/mol. The van der Waals surface area contributed by atoms with Gasteiger partial charge in [-0.2, -0.15) is 10.1 Å². The van der Waals surface area contributed by atoms with E-state index in [1.54, 1.807) is 0 Å². The molecule has 1 aromatic carbocycles. The van der Waals surface area contributed by atoms with E-state index in [1.165, 1.54) is 11.9 Å². The standard InChI is InChI=1S/C15H15ClN6O/c16-12-10-17-19-13(12)14-18-15(20-23-14)22-8-6-21(7-9-22)11-4-2-1-3-5-11/h1-5,10H,6-9H2,(H,17,19). The highest BCUT2D eigenvalue weighted by molar-refractivity contribution is 6.32. The van der Waals surface area contributed by atoms with E-state index in [4.69, 9.17) is 16.1 Å². The number of rotatable bonds is 3. The van der Waals surface area contributed by atoms with Gasteiger partial charge in [-0.3, -0.25) is 5.10 Å². The number of H-pyrrole nitrogens is 1. The third-order valence-corrected chi connectivity index (χ3v) is 4.19. The van der Waals surface area contributed by atoms with E-state index in [0.717, 1.165) is 26.2 Å². The lowest BCUT2D eigenvalue weighted by molar-refractivity contribution is 0.427. The molecule has 0 aliphatic carbocycles. The smallest absolute Gasteiger partial charge is 0.279 e. The fourth-order valence-electron chi connectivity index (χ4n) is 2.67. The number of anilines is 2. The zero-order chi connectivity index (χ0) is 15.6. The molecular weight excluding hydrogens is 316 g/mol. The van der Waals surface area contributed by atoms with Crippen molar-refractivity contribution in [1.29, 1.82) is 0 Å². The first-order valence-corrected chi connectivity index (χ1v) is 7.77. The number of piperazine rings is 1. The van der Waals surface area contributed by atoms with Crippen LogP contribution in [0.15, 0.2) is 41.1 Å². The second-order valence-electron chi connectivity index (χ2n) is 5.30. The van der Waals surface area contributed by atoms with Crippen molar-refractivity contribution >= 4 is 23.2 Å². The zero-order valence-corrected chi connectivity index (χ0v) is 13.1. The van der Waals surface area contributed by atoms with Crippen LogP contribution in [-0.2, 0) is 0 Å². The molecule has 8 heteroatoms. The summed E-state index contributed by atoms with van der Waals surface area (Å²) in [5, 5.41) is 11.1. The Labute approximate surface area is 137 Å². The molecule has 1 fully saturated rings. The molecular formula is C15H15ClN6O. The van der Waals surface area contributed by atoms with Crippen molar-refractivity contribution in [1.82, 2.24) is 20.3 Å². The van der Waals surface area contributed by atoms with Crippen molar-refractivity contribution in [2.45, 2.75) is 0 Å². The van der Waals surface area contributed by atoms with Crippen molar-refractivity contribution in [2.75, 3.05) is 36.0 Å². The maximum Gasteiger partial charge on any atom is 0.279 e. The van der Waals surface area contributed by atoms with Crippen molar-refractivity contribution < 1.29 is 4.52 Å². The van der Waals surface area contributed by atoms with Gasteiger partial charge in [-0.05, 0) is 17.3 Å². The summed E-state index contributed by atoms with van der Waals surface area (Å²) in [6.45, 7) is 3.51. The SMILES string of the molecule is Clc1cn[nH]c1-c1nc(N2CCN(c3ccccc3)CC2)no1. The molecule has 1 saturated heterocycles. The Morgan fingerprint density at radius 3 is 2.48 bits per heavy atom. The predicted octanol–water partition coefficient (Wildman–Crippen LogP) is 2.44. The molecule has 0 radical (unpaired) electrons. The van der Waals surface area contributed by atoms with E-state index >= 15 is 0 Å². The van der Waals surface area contributed by atoms with Gasteiger partial charge in [0.25, 0.3) is 11.8 Å². The van der Waals surface area contributed by atoms with E-state index < -0.39 is 0 Å². The molecule has 23 heavy (non-hydrogen) atoms. The first-order valence-electron chi connectivity index (χ1n) is 7.39. The summed E-state index contributed by atoms with van der Waals surface area (Å²) < 4.78 is 5.28. The average molecular weight is 331 g/mol. The van der Waals surface area contributed by atoms with Gasteiger partial charge in [-0.1, -0.05) is 29.8 Å². The number of hydrogen-bond donors (Lipinski definition) is 1. The monoisotopic (exact) mass is 330 g/mol. The summed E-state index contributed by atoms with van der Waals surface area (Å²) in [5.74, 6) is 0.936. The third kappa shape index (κ3) is 2.75. The number of aromatic amines is 1. The van der Waals surface area contributed by atoms with Crippen LogP contribution >= 0.6 is 11.6 Å². The molecule has 0 spiro atoms. The lowest BCUT2D eigenvalue weighted by Gasteiger charge is -2.35. The number of nitrogens with one attached hydrogen (secondary N) is 1. The van der Waals surface area contributed by atoms with Crippen LogP contribution in [0.4, 0.5) is 11.6 Å². The van der Waals surface area contributed by atoms with Gasteiger partial charge < -0.3 is 14.3 Å². The second-order valence-corrected chi connectivity index (χ2v) is 5.71. The van der Waals surface area contributed by atoms with Gasteiger partial charge in [0, 0.05) is 31.9 Å². The highest BCUT2D eigenvalue weighted by atomic mass is 35.5. The highest BCUT2D eigenvalue weighted by Gasteiger charge is 2.22. The molecule has 7 nitrogen and oxygen atoms in total. The normalized spacial score (nSPS) is 15.2. The number of nitrogens with zero attached hydrogens (tertiary/aromatic N) is 5. The van der Waals surface area contributed by atoms with Gasteiger partial charge in [-0.15, -0.1) is 0 Å². The Morgan fingerprint density at radius 1 is 1.04 bits per heavy atom. The van der Waals surface area contributed by atoms with Gasteiger partial charge in [0.1, 0.15) is 5.69 Å². The van der Waals surface area contributed by atoms with Gasteiger partial charge in [0.2, 0.25) is 0 Å². The number of hydrogen-bond acceptors (Lipinski definition) is 6. The molecule has 1 aliphatic heterocycles. The molecule has 0 atom stereocenters. The molecule has 4 rings (SSSR count). The van der Waals surface area contributed by atoms with Crippen molar-refractivity contribution in [3.05, 3.63) is 41.6 Å². The molecule has 118 valence electrons. The Kier molecular flexibility index (Phi) is 3.63. The maximum atomic E-state index is 6.01. The van der Waals surface area contributed by atoms with Crippen LogP contribution in [0.25, 0.3) is 11.6 Å². The van der Waals surface area contributed by atoms with E-state index in [-0.39, 0.29) is 0 Å². The van der Waals surface area contributed by atoms with Gasteiger partial charge in [0.05, 0.1) is 11.2 Å². The fourth-order valence-corrected chi connectivity index (χ4v) is 2.84. The molecule has 3 heterocycles. The quantitative estimate of drug-likeness (QED) is 0.795. The molecule has 0 unspecified atom stereocenters. The minimum Gasteiger partial charge on any atom is -0.368 e. The van der Waals surface area contributed by atoms with Crippen LogP contribution in [0.2, 0.25) is 5.02 Å². The van der Waals surface area contributed by atoms with E-state index in [9.17, 15) is 0 Å². The molecule has 3 aromatic rings. The van der Waals surface area contributed by atoms with E-state index in [1.807, 2.05) is 6.07 Å². The number of halogens is 1. The number of para-hydroxylation sites is 1. The lowest BCUT2D eigenvalue weighted by Crippen LogP contribution is -2.46. The summed E-state index contributed by atoms with van der Waals surface area (Å²) in [6, 6.07) is 10.4. The van der Waals surface area contributed by atoms with Crippen molar-refractivity contribution in [3.8, 4) is 11.6 Å². The summed E-state index contributed by atoms with van der Waals surface area (Å²) in [6.07, 6.45) is 1.51. The maximum absolute atomic E-state index is 6.01. The van der Waals surface area contributed by atoms with Crippen LogP contribution in [0.5, 0.6) is 0 Å². The Morgan fingerprint density at radius 2 is 1.78 bits per heavy atom. The van der Waals surface area contributed by atoms with Crippen LogP contribution in [0.1, 0.15) is 0 Å². The van der Waals surface area contributed by atoms with E-state index in [2.05, 4.69) is 54.4 Å². The van der Waals surface area contributed by atoms with Gasteiger partial charge >= 0.3 is 0 Å². The molecule has 1 N–H and O–H groups in total. The average Bonchev–Trinajstić information content (AvgIpc) is 3.24. The third-order valence-electron chi connectivity index (χ3n) is 3.91. The highest BCUT2D eigenvalue weighted by Crippen LogP contribution is 2.25. The van der Waals surface area contributed by atoms with Crippen LogP contribution in [0, 0.1) is 0 Å². The number of benzene rings is 1. The molecule has 0 amide bonds. The molecule has 2 aromatic heterocycles. The molecule has 0 saturated carbocycles. The van der Waals surface area contributed by atoms with Crippen LogP contribution in [-0.4, -0.2) is 46.5 Å². The minimum atomic E-state index is 0.355. The Hall–Kier alpha value is -2.54. The first kappa shape index (κ1) is 14.1. The second kappa shape index (κ2) is 5.92. The fraction of sp³-hybridized carbons (Fsp3) is 0.267. The first-order chi connectivity index (χ1) is 11.3. The summed E-state index contributed by atoms with van der Waals surface area (Å²) in [4.78, 5) is 8.87. The van der Waals surface area contributed by atoms with Crippen molar-refractivity contribution in [3.63, 3.8) is 0 Å². The van der Waals surface area contributed by atoms with Crippen molar-refractivity contribution in [2.24, 2.45) is 0 Å². The Balaban J connectivity index is 1.45. The molecule has 0 bridgehead atoms. The van der Waals surface area contributed by atoms with Crippen LogP contribution < -0.4 is 9.80 Å². The van der Waals surface area contributed by atoms with Gasteiger partial charge in [-0.25, -0.2) is 0 Å². The lowest BCUT2D eigenvalue weighted by atomic mass is 10.2. The summed E-state index contributed by atoms with van der Waals surface area (Å²) in [7, 11) is 0. The Bertz CT molecular complexity index is 778.